The third-order valence-corrected chi connectivity index (χ3v) is 4.07. The summed E-state index contributed by atoms with van der Waals surface area (Å²) in [6.07, 6.45) is 5.94. The predicted octanol–water partition coefficient (Wildman–Crippen LogP) is 3.25. The minimum atomic E-state index is -0.275. The van der Waals surface area contributed by atoms with Gasteiger partial charge in [-0.3, -0.25) is 4.79 Å². The monoisotopic (exact) mass is 290 g/mol. The van der Waals surface area contributed by atoms with E-state index in [2.05, 4.69) is 10.6 Å². The zero-order chi connectivity index (χ0) is 15.2. The van der Waals surface area contributed by atoms with Gasteiger partial charge >= 0.3 is 0 Å². The smallest absolute Gasteiger partial charge is 0.242 e. The first-order valence-electron chi connectivity index (χ1n) is 7.81. The van der Waals surface area contributed by atoms with Gasteiger partial charge in [-0.05, 0) is 44.4 Å². The van der Waals surface area contributed by atoms with E-state index in [-0.39, 0.29) is 11.9 Å². The van der Waals surface area contributed by atoms with Crippen molar-refractivity contribution in [3.63, 3.8) is 0 Å². The van der Waals surface area contributed by atoms with E-state index in [1.54, 1.807) is 7.11 Å². The van der Waals surface area contributed by atoms with Gasteiger partial charge in [0.2, 0.25) is 5.91 Å². The predicted molar refractivity (Wildman–Crippen MR) is 85.8 cm³/mol. The molecule has 0 bridgehead atoms. The largest absolute Gasteiger partial charge is 0.495 e. The van der Waals surface area contributed by atoms with E-state index in [1.165, 1.54) is 19.3 Å². The molecule has 0 heterocycles. The van der Waals surface area contributed by atoms with Crippen molar-refractivity contribution in [1.29, 1.82) is 0 Å². The Hall–Kier alpha value is -1.71. The molecule has 0 spiro atoms. The van der Waals surface area contributed by atoms with Crippen LogP contribution in [0, 0.1) is 6.92 Å². The number of carbonyl (C=O) groups is 1. The van der Waals surface area contributed by atoms with Crippen LogP contribution in [0.4, 0.5) is 5.69 Å². The van der Waals surface area contributed by atoms with Crippen molar-refractivity contribution >= 4 is 11.6 Å². The number of carbonyl (C=O) groups excluding carboxylic acids is 1. The molecule has 1 aliphatic rings. The summed E-state index contributed by atoms with van der Waals surface area (Å²) in [4.78, 5) is 12.3. The highest BCUT2D eigenvalue weighted by Gasteiger charge is 2.20. The van der Waals surface area contributed by atoms with E-state index >= 15 is 0 Å². The number of hydrogen-bond acceptors (Lipinski definition) is 3. The summed E-state index contributed by atoms with van der Waals surface area (Å²) in [7, 11) is 1.64. The van der Waals surface area contributed by atoms with Crippen LogP contribution in [0.15, 0.2) is 18.2 Å². The quantitative estimate of drug-likeness (QED) is 0.875. The summed E-state index contributed by atoms with van der Waals surface area (Å²) in [6.45, 7) is 3.91. The maximum absolute atomic E-state index is 12.3. The van der Waals surface area contributed by atoms with E-state index in [4.69, 9.17) is 4.74 Å². The molecule has 116 valence electrons. The molecule has 0 unspecified atom stereocenters. The molecule has 1 aromatic carbocycles. The molecule has 0 aliphatic heterocycles. The maximum atomic E-state index is 12.3. The van der Waals surface area contributed by atoms with Crippen molar-refractivity contribution in [2.24, 2.45) is 0 Å². The van der Waals surface area contributed by atoms with Crippen molar-refractivity contribution < 1.29 is 9.53 Å². The lowest BCUT2D eigenvalue weighted by Gasteiger charge is -2.25. The van der Waals surface area contributed by atoms with Gasteiger partial charge in [0.15, 0.2) is 0 Å². The first kappa shape index (κ1) is 15.7. The van der Waals surface area contributed by atoms with Crippen molar-refractivity contribution in [2.75, 3.05) is 12.4 Å². The van der Waals surface area contributed by atoms with Gasteiger partial charge in [0, 0.05) is 6.04 Å². The first-order valence-corrected chi connectivity index (χ1v) is 7.81. The van der Waals surface area contributed by atoms with Gasteiger partial charge < -0.3 is 15.4 Å². The molecule has 4 heteroatoms. The van der Waals surface area contributed by atoms with E-state index in [0.717, 1.165) is 29.8 Å². The molecular weight excluding hydrogens is 264 g/mol. The second-order valence-electron chi connectivity index (χ2n) is 5.91. The minimum absolute atomic E-state index is 0.0606. The summed E-state index contributed by atoms with van der Waals surface area (Å²) < 4.78 is 5.34. The van der Waals surface area contributed by atoms with Crippen LogP contribution in [0.2, 0.25) is 0 Å². The van der Waals surface area contributed by atoms with Crippen molar-refractivity contribution in [3.8, 4) is 5.75 Å². The fourth-order valence-corrected chi connectivity index (χ4v) is 2.81. The topological polar surface area (TPSA) is 50.4 Å². The second-order valence-corrected chi connectivity index (χ2v) is 5.91. The number of rotatable bonds is 5. The number of methoxy groups -OCH3 is 1. The second kappa shape index (κ2) is 7.34. The molecule has 0 saturated heterocycles. The van der Waals surface area contributed by atoms with Crippen LogP contribution in [0.25, 0.3) is 0 Å². The molecule has 2 N–H and O–H groups in total. The van der Waals surface area contributed by atoms with E-state index in [9.17, 15) is 4.79 Å². The van der Waals surface area contributed by atoms with Crippen LogP contribution in [-0.2, 0) is 4.79 Å². The summed E-state index contributed by atoms with van der Waals surface area (Å²) in [5.74, 6) is 0.823. The Morgan fingerprint density at radius 1 is 1.29 bits per heavy atom. The Morgan fingerprint density at radius 2 is 2.00 bits per heavy atom. The van der Waals surface area contributed by atoms with Crippen molar-refractivity contribution in [1.82, 2.24) is 5.32 Å². The van der Waals surface area contributed by atoms with E-state index in [1.807, 2.05) is 32.0 Å². The maximum Gasteiger partial charge on any atom is 0.242 e. The number of nitrogens with one attached hydrogen (secondary N) is 2. The first-order chi connectivity index (χ1) is 10.1. The molecule has 1 aliphatic carbocycles. The standard InChI is InChI=1S/C17H26N2O2/c1-12-9-10-16(21-3)15(11-12)18-13(2)17(20)19-14-7-5-4-6-8-14/h9-11,13-14,18H,4-8H2,1-3H3,(H,19,20)/t13-/m0/s1. The molecule has 1 saturated carbocycles. The van der Waals surface area contributed by atoms with Gasteiger partial charge in [0.05, 0.1) is 12.8 Å². The fraction of sp³-hybridized carbons (Fsp3) is 0.588. The highest BCUT2D eigenvalue weighted by molar-refractivity contribution is 5.85. The average molecular weight is 290 g/mol. The summed E-state index contributed by atoms with van der Waals surface area (Å²) >= 11 is 0. The molecule has 21 heavy (non-hydrogen) atoms. The van der Waals surface area contributed by atoms with Gasteiger partial charge in [-0.25, -0.2) is 0 Å². The van der Waals surface area contributed by atoms with Crippen LogP contribution in [0.3, 0.4) is 0 Å². The summed E-state index contributed by atoms with van der Waals surface area (Å²) in [5, 5.41) is 6.40. The van der Waals surface area contributed by atoms with Crippen LogP contribution in [0.5, 0.6) is 5.75 Å². The van der Waals surface area contributed by atoms with E-state index in [0.29, 0.717) is 6.04 Å². The van der Waals surface area contributed by atoms with Gasteiger partial charge in [0.1, 0.15) is 11.8 Å². The number of ether oxygens (including phenoxy) is 1. The van der Waals surface area contributed by atoms with Crippen LogP contribution < -0.4 is 15.4 Å². The molecule has 1 fully saturated rings. The zero-order valence-electron chi connectivity index (χ0n) is 13.2. The third-order valence-electron chi connectivity index (χ3n) is 4.07. The number of amides is 1. The third kappa shape index (κ3) is 4.38. The molecule has 1 atom stereocenters. The normalized spacial score (nSPS) is 17.1. The van der Waals surface area contributed by atoms with Crippen molar-refractivity contribution in [2.45, 2.75) is 58.0 Å². The Balaban J connectivity index is 1.95. The van der Waals surface area contributed by atoms with E-state index < -0.39 is 0 Å². The Morgan fingerprint density at radius 3 is 2.67 bits per heavy atom. The van der Waals surface area contributed by atoms with Crippen LogP contribution >= 0.6 is 0 Å². The zero-order valence-corrected chi connectivity index (χ0v) is 13.2. The highest BCUT2D eigenvalue weighted by Crippen LogP contribution is 2.26. The van der Waals surface area contributed by atoms with Crippen LogP contribution in [-0.4, -0.2) is 25.1 Å². The summed E-state index contributed by atoms with van der Waals surface area (Å²) in [5.41, 5.74) is 2.00. The van der Waals surface area contributed by atoms with Gasteiger partial charge in [-0.15, -0.1) is 0 Å². The number of anilines is 1. The summed E-state index contributed by atoms with van der Waals surface area (Å²) in [6, 6.07) is 5.99. The van der Waals surface area contributed by atoms with Gasteiger partial charge in [-0.2, -0.15) is 0 Å². The molecule has 4 nitrogen and oxygen atoms in total. The van der Waals surface area contributed by atoms with Crippen molar-refractivity contribution in [3.05, 3.63) is 23.8 Å². The number of hydrogen-bond donors (Lipinski definition) is 2. The van der Waals surface area contributed by atoms with Gasteiger partial charge in [-0.1, -0.05) is 25.3 Å². The molecule has 1 aromatic rings. The number of aryl methyl sites for hydroxylation is 1. The Kier molecular flexibility index (Phi) is 5.48. The lowest BCUT2D eigenvalue weighted by molar-refractivity contribution is -0.122. The van der Waals surface area contributed by atoms with Gasteiger partial charge in [0.25, 0.3) is 0 Å². The lowest BCUT2D eigenvalue weighted by Crippen LogP contribution is -2.44. The molecule has 1 amide bonds. The molecule has 0 aromatic heterocycles. The SMILES string of the molecule is COc1ccc(C)cc1N[C@@H](C)C(=O)NC1CCCCC1. The lowest BCUT2D eigenvalue weighted by atomic mass is 9.95. The Bertz CT molecular complexity index is 482. The highest BCUT2D eigenvalue weighted by atomic mass is 16.5. The average Bonchev–Trinajstić information content (AvgIpc) is 2.48. The molecule has 2 rings (SSSR count). The minimum Gasteiger partial charge on any atom is -0.495 e. The molecule has 0 radical (unpaired) electrons. The fourth-order valence-electron chi connectivity index (χ4n) is 2.81. The van der Waals surface area contributed by atoms with Crippen LogP contribution in [0.1, 0.15) is 44.6 Å². The molecular formula is C17H26N2O2. The Labute approximate surface area is 127 Å². The number of benzene rings is 1.